The predicted octanol–water partition coefficient (Wildman–Crippen LogP) is 4.79. The second kappa shape index (κ2) is 8.38. The fraction of sp³-hybridized carbons (Fsp3) is 0.250. The van der Waals surface area contributed by atoms with Crippen molar-refractivity contribution in [3.05, 3.63) is 64.0 Å². The molecule has 26 heavy (non-hydrogen) atoms. The lowest BCUT2D eigenvalue weighted by molar-refractivity contribution is -0.145. The topological polar surface area (TPSA) is 56.3 Å². The van der Waals surface area contributed by atoms with E-state index in [1.54, 1.807) is 30.4 Å². The van der Waals surface area contributed by atoms with Crippen LogP contribution in [-0.2, 0) is 22.4 Å². The van der Waals surface area contributed by atoms with Crippen molar-refractivity contribution in [3.8, 4) is 9.88 Å². The largest absolute Gasteiger partial charge is 0.454 e. The molecule has 1 unspecified atom stereocenters. The number of aryl methyl sites for hydroxylation is 1. The quantitative estimate of drug-likeness (QED) is 0.433. The molecule has 0 fully saturated rings. The van der Waals surface area contributed by atoms with Gasteiger partial charge in [-0.05, 0) is 30.4 Å². The molecule has 0 saturated carbocycles. The highest BCUT2D eigenvalue weighted by molar-refractivity contribution is 7.20. The number of ketones is 1. The lowest BCUT2D eigenvalue weighted by Crippen LogP contribution is -2.25. The molecule has 0 aliphatic rings. The molecule has 3 aromatic rings. The van der Waals surface area contributed by atoms with Crippen LogP contribution >= 0.6 is 22.7 Å². The fourth-order valence-corrected chi connectivity index (χ4v) is 4.12. The molecule has 0 saturated heterocycles. The lowest BCUT2D eigenvalue weighted by Gasteiger charge is -2.12. The summed E-state index contributed by atoms with van der Waals surface area (Å²) in [5.74, 6) is -0.641. The van der Waals surface area contributed by atoms with E-state index in [0.717, 1.165) is 21.9 Å². The van der Waals surface area contributed by atoms with Crippen LogP contribution in [0, 0.1) is 0 Å². The van der Waals surface area contributed by atoms with Crippen LogP contribution < -0.4 is 0 Å². The summed E-state index contributed by atoms with van der Waals surface area (Å²) in [5.41, 5.74) is 2.38. The molecule has 4 nitrogen and oxygen atoms in total. The van der Waals surface area contributed by atoms with Gasteiger partial charge >= 0.3 is 5.97 Å². The van der Waals surface area contributed by atoms with Crippen molar-refractivity contribution in [2.45, 2.75) is 32.8 Å². The summed E-state index contributed by atoms with van der Waals surface area (Å²) >= 11 is 3.11. The number of esters is 1. The summed E-state index contributed by atoms with van der Waals surface area (Å²) in [5, 5.41) is 4.74. The molecular formula is C20H19NO3S2. The molecule has 0 amide bonds. The number of benzene rings is 1. The van der Waals surface area contributed by atoms with Gasteiger partial charge in [0, 0.05) is 10.9 Å². The van der Waals surface area contributed by atoms with Crippen molar-refractivity contribution in [1.82, 2.24) is 4.98 Å². The number of ether oxygens (including phenoxy) is 1. The summed E-state index contributed by atoms with van der Waals surface area (Å²) in [7, 11) is 0. The zero-order valence-corrected chi connectivity index (χ0v) is 16.2. The molecule has 0 N–H and O–H groups in total. The molecule has 134 valence electrons. The predicted molar refractivity (Wildman–Crippen MR) is 105 cm³/mol. The normalized spacial score (nSPS) is 11.9. The van der Waals surface area contributed by atoms with Gasteiger partial charge < -0.3 is 4.74 Å². The number of rotatable bonds is 7. The smallest absolute Gasteiger partial charge is 0.312 e. The van der Waals surface area contributed by atoms with E-state index in [2.05, 4.69) is 11.9 Å². The first-order chi connectivity index (χ1) is 12.6. The monoisotopic (exact) mass is 385 g/mol. The molecule has 2 heterocycles. The highest BCUT2D eigenvalue weighted by Gasteiger charge is 2.20. The first-order valence-electron chi connectivity index (χ1n) is 8.37. The highest BCUT2D eigenvalue weighted by Crippen LogP contribution is 2.28. The van der Waals surface area contributed by atoms with Crippen LogP contribution in [0.4, 0.5) is 0 Å². The number of Topliss-reactive ketones (excluding diaryl/α,β-unsaturated/α-hetero) is 1. The minimum absolute atomic E-state index is 0.0638. The SMILES string of the molecule is CCc1ccc(C(=O)C(C)OC(=O)Cc2csc(-c3cccs3)n2)cc1. The van der Waals surface area contributed by atoms with Crippen molar-refractivity contribution in [1.29, 1.82) is 0 Å². The number of carbonyl (C=O) groups is 2. The molecule has 1 aromatic carbocycles. The summed E-state index contributed by atoms with van der Waals surface area (Å²) in [6.07, 6.45) is 0.166. The van der Waals surface area contributed by atoms with E-state index in [1.165, 1.54) is 11.3 Å². The fourth-order valence-electron chi connectivity index (χ4n) is 2.48. The Kier molecular flexibility index (Phi) is 5.96. The maximum Gasteiger partial charge on any atom is 0.312 e. The number of thiazole rings is 1. The maximum absolute atomic E-state index is 12.4. The van der Waals surface area contributed by atoms with E-state index in [1.807, 2.05) is 35.0 Å². The van der Waals surface area contributed by atoms with Crippen molar-refractivity contribution < 1.29 is 14.3 Å². The standard InChI is InChI=1S/C20H19NO3S2/c1-3-14-6-8-15(9-7-14)19(23)13(2)24-18(22)11-16-12-26-20(21-16)17-5-4-10-25-17/h4-10,12-13H,3,11H2,1-2H3. The van der Waals surface area contributed by atoms with E-state index >= 15 is 0 Å². The Balaban J connectivity index is 1.57. The molecular weight excluding hydrogens is 366 g/mol. The van der Waals surface area contributed by atoms with Gasteiger partial charge in [0.15, 0.2) is 6.10 Å². The van der Waals surface area contributed by atoms with Gasteiger partial charge in [-0.1, -0.05) is 37.3 Å². The van der Waals surface area contributed by atoms with Crippen LogP contribution in [0.5, 0.6) is 0 Å². The molecule has 0 radical (unpaired) electrons. The van der Waals surface area contributed by atoms with Gasteiger partial charge in [-0.25, -0.2) is 4.98 Å². The summed E-state index contributed by atoms with van der Waals surface area (Å²) < 4.78 is 5.31. The number of nitrogens with zero attached hydrogens (tertiary/aromatic N) is 1. The molecule has 3 rings (SSSR count). The minimum Gasteiger partial charge on any atom is -0.454 e. The van der Waals surface area contributed by atoms with Crippen LogP contribution in [0.15, 0.2) is 47.2 Å². The molecule has 0 spiro atoms. The number of thiophene rings is 1. The average Bonchev–Trinajstić information content (AvgIpc) is 3.32. The Morgan fingerprint density at radius 3 is 2.58 bits per heavy atom. The average molecular weight is 386 g/mol. The summed E-state index contributed by atoms with van der Waals surface area (Å²) in [6.45, 7) is 3.66. The van der Waals surface area contributed by atoms with Crippen LogP contribution in [0.2, 0.25) is 0 Å². The van der Waals surface area contributed by atoms with Crippen molar-refractivity contribution in [3.63, 3.8) is 0 Å². The molecule has 0 bridgehead atoms. The third-order valence-electron chi connectivity index (χ3n) is 3.93. The molecule has 6 heteroatoms. The van der Waals surface area contributed by atoms with E-state index in [0.29, 0.717) is 11.3 Å². The Bertz CT molecular complexity index is 882. The molecule has 0 aliphatic heterocycles. The Hall–Kier alpha value is -2.31. The van der Waals surface area contributed by atoms with Gasteiger partial charge in [0.25, 0.3) is 0 Å². The lowest BCUT2D eigenvalue weighted by atomic mass is 10.0. The van der Waals surface area contributed by atoms with Gasteiger partial charge in [-0.2, -0.15) is 0 Å². The Morgan fingerprint density at radius 2 is 1.92 bits per heavy atom. The van der Waals surface area contributed by atoms with E-state index in [9.17, 15) is 9.59 Å². The summed E-state index contributed by atoms with van der Waals surface area (Å²) in [4.78, 5) is 30.1. The van der Waals surface area contributed by atoms with Gasteiger partial charge in [0.05, 0.1) is 17.0 Å². The van der Waals surface area contributed by atoms with Gasteiger partial charge in [-0.15, -0.1) is 22.7 Å². The third kappa shape index (κ3) is 4.45. The van der Waals surface area contributed by atoms with Gasteiger partial charge in [0.1, 0.15) is 5.01 Å². The Labute approximate surface area is 160 Å². The van der Waals surface area contributed by atoms with Crippen molar-refractivity contribution in [2.75, 3.05) is 0 Å². The molecule has 1 atom stereocenters. The first-order valence-corrected chi connectivity index (χ1v) is 10.1. The summed E-state index contributed by atoms with van der Waals surface area (Å²) in [6, 6.07) is 11.4. The molecule has 0 aliphatic carbocycles. The first kappa shape index (κ1) is 18.5. The zero-order chi connectivity index (χ0) is 18.5. The zero-order valence-electron chi connectivity index (χ0n) is 14.6. The third-order valence-corrected chi connectivity index (χ3v) is 5.86. The van der Waals surface area contributed by atoms with Crippen LogP contribution in [0.25, 0.3) is 9.88 Å². The van der Waals surface area contributed by atoms with Crippen LogP contribution in [0.3, 0.4) is 0 Å². The number of hydrogen-bond donors (Lipinski definition) is 0. The number of carbonyl (C=O) groups excluding carboxylic acids is 2. The number of aromatic nitrogens is 1. The van der Waals surface area contributed by atoms with Gasteiger partial charge in [-0.3, -0.25) is 9.59 Å². The second-order valence-electron chi connectivity index (χ2n) is 5.84. The Morgan fingerprint density at radius 1 is 1.15 bits per heavy atom. The van der Waals surface area contributed by atoms with E-state index in [4.69, 9.17) is 4.74 Å². The van der Waals surface area contributed by atoms with Crippen molar-refractivity contribution in [2.24, 2.45) is 0 Å². The number of hydrogen-bond acceptors (Lipinski definition) is 6. The van der Waals surface area contributed by atoms with E-state index < -0.39 is 12.1 Å². The second-order valence-corrected chi connectivity index (χ2v) is 7.65. The minimum atomic E-state index is -0.814. The van der Waals surface area contributed by atoms with Crippen molar-refractivity contribution >= 4 is 34.4 Å². The maximum atomic E-state index is 12.4. The van der Waals surface area contributed by atoms with E-state index in [-0.39, 0.29) is 12.2 Å². The van der Waals surface area contributed by atoms with Crippen LogP contribution in [-0.4, -0.2) is 22.8 Å². The molecule has 2 aromatic heterocycles. The van der Waals surface area contributed by atoms with Gasteiger partial charge in [0.2, 0.25) is 5.78 Å². The van der Waals surface area contributed by atoms with Crippen LogP contribution in [0.1, 0.15) is 35.5 Å². The highest BCUT2D eigenvalue weighted by atomic mass is 32.1.